The van der Waals surface area contributed by atoms with Crippen molar-refractivity contribution in [2.45, 2.75) is 6.54 Å². The summed E-state index contributed by atoms with van der Waals surface area (Å²) in [6, 6.07) is 16.0. The molecular formula is C24H18ClFN6O. The number of hydrogen-bond donors (Lipinski definition) is 2. The number of aromatic amines is 1. The van der Waals surface area contributed by atoms with E-state index < -0.39 is 5.82 Å². The molecule has 0 amide bonds. The zero-order valence-corrected chi connectivity index (χ0v) is 18.3. The maximum atomic E-state index is 15.4. The minimum absolute atomic E-state index is 0. The standard InChI is InChI=1S/C24H17FN6O.ClH/c1-31-23(22-18(10-26)15-5-3-2-4-13(15)9-20(22)25)19(12-28-31)14-6-7-16-17(8-14)21(11-27)29-30-24(16)32;/h2-9,12H,11,27H2,1H3,(H,30,32);1H. The summed E-state index contributed by atoms with van der Waals surface area (Å²) in [4.78, 5) is 12.2. The maximum absolute atomic E-state index is 15.4. The summed E-state index contributed by atoms with van der Waals surface area (Å²) < 4.78 is 16.9. The molecule has 2 heterocycles. The smallest absolute Gasteiger partial charge is 0.272 e. The molecule has 0 spiro atoms. The van der Waals surface area contributed by atoms with Gasteiger partial charge in [-0.15, -0.1) is 12.4 Å². The van der Waals surface area contributed by atoms with Crippen molar-refractivity contribution in [2.24, 2.45) is 12.8 Å². The molecule has 0 radical (unpaired) electrons. The van der Waals surface area contributed by atoms with Crippen LogP contribution in [-0.2, 0) is 13.6 Å². The van der Waals surface area contributed by atoms with E-state index in [1.54, 1.807) is 54.3 Å². The Balaban J connectivity index is 0.00000259. The Morgan fingerprint density at radius 2 is 1.94 bits per heavy atom. The number of rotatable bonds is 3. The largest absolute Gasteiger partial charge is 0.325 e. The van der Waals surface area contributed by atoms with Crippen molar-refractivity contribution < 1.29 is 4.39 Å². The molecule has 5 rings (SSSR count). The fourth-order valence-corrected chi connectivity index (χ4v) is 4.15. The van der Waals surface area contributed by atoms with Gasteiger partial charge >= 0.3 is 0 Å². The highest BCUT2D eigenvalue weighted by atomic mass is 35.5. The molecule has 0 unspecified atom stereocenters. The van der Waals surface area contributed by atoms with Crippen molar-refractivity contribution in [3.63, 3.8) is 0 Å². The third-order valence-corrected chi connectivity index (χ3v) is 5.66. The van der Waals surface area contributed by atoms with Crippen molar-refractivity contribution in [2.75, 3.05) is 0 Å². The molecule has 2 aromatic heterocycles. The van der Waals surface area contributed by atoms with Gasteiger partial charge in [0, 0.05) is 29.9 Å². The lowest BCUT2D eigenvalue weighted by Crippen LogP contribution is -2.13. The molecule has 0 saturated carbocycles. The molecule has 0 aliphatic carbocycles. The van der Waals surface area contributed by atoms with Crippen LogP contribution in [0.15, 0.2) is 59.5 Å². The molecule has 0 fully saturated rings. The lowest BCUT2D eigenvalue weighted by molar-refractivity contribution is 0.629. The number of hydrogen-bond acceptors (Lipinski definition) is 5. The van der Waals surface area contributed by atoms with E-state index in [9.17, 15) is 10.1 Å². The van der Waals surface area contributed by atoms with E-state index in [0.717, 1.165) is 0 Å². The Morgan fingerprint density at radius 1 is 1.15 bits per heavy atom. The zero-order chi connectivity index (χ0) is 22.4. The number of fused-ring (bicyclic) bond motifs is 2. The van der Waals surface area contributed by atoms with Crippen LogP contribution in [0.2, 0.25) is 0 Å². The number of benzene rings is 3. The lowest BCUT2D eigenvalue weighted by atomic mass is 9.93. The van der Waals surface area contributed by atoms with Gasteiger partial charge in [0.1, 0.15) is 11.9 Å². The summed E-state index contributed by atoms with van der Waals surface area (Å²) >= 11 is 0. The lowest BCUT2D eigenvalue weighted by Gasteiger charge is -2.13. The summed E-state index contributed by atoms with van der Waals surface area (Å²) in [7, 11) is 1.70. The van der Waals surface area contributed by atoms with Gasteiger partial charge in [0.15, 0.2) is 0 Å². The van der Waals surface area contributed by atoms with E-state index >= 15 is 4.39 Å². The molecular weight excluding hydrogens is 443 g/mol. The van der Waals surface area contributed by atoms with Gasteiger partial charge in [0.25, 0.3) is 5.56 Å². The Morgan fingerprint density at radius 3 is 2.70 bits per heavy atom. The van der Waals surface area contributed by atoms with Crippen molar-refractivity contribution >= 4 is 34.0 Å². The van der Waals surface area contributed by atoms with Gasteiger partial charge < -0.3 is 5.73 Å². The van der Waals surface area contributed by atoms with Gasteiger partial charge in [-0.05, 0) is 29.1 Å². The maximum Gasteiger partial charge on any atom is 0.272 e. The Bertz CT molecular complexity index is 1630. The van der Waals surface area contributed by atoms with E-state index in [-0.39, 0.29) is 35.6 Å². The number of nitrogens with two attached hydrogens (primary N) is 1. The molecule has 0 aliphatic rings. The molecule has 9 heteroatoms. The first-order valence-corrected chi connectivity index (χ1v) is 9.89. The van der Waals surface area contributed by atoms with Gasteiger partial charge in [-0.25, -0.2) is 9.49 Å². The number of nitriles is 1. The van der Waals surface area contributed by atoms with Gasteiger partial charge in [0.05, 0.1) is 34.1 Å². The molecule has 164 valence electrons. The second-order valence-corrected chi connectivity index (χ2v) is 7.44. The fraction of sp³-hybridized carbons (Fsp3) is 0.0833. The summed E-state index contributed by atoms with van der Waals surface area (Å²) in [5, 5.41) is 23.1. The Kier molecular flexibility index (Phi) is 5.68. The monoisotopic (exact) mass is 460 g/mol. The molecule has 33 heavy (non-hydrogen) atoms. The molecule has 3 aromatic carbocycles. The van der Waals surface area contributed by atoms with Gasteiger partial charge in [-0.3, -0.25) is 9.48 Å². The second kappa shape index (κ2) is 8.47. The van der Waals surface area contributed by atoms with Gasteiger partial charge in [-0.1, -0.05) is 30.3 Å². The number of aryl methyl sites for hydroxylation is 1. The van der Waals surface area contributed by atoms with Gasteiger partial charge in [-0.2, -0.15) is 15.5 Å². The summed E-state index contributed by atoms with van der Waals surface area (Å²) in [5.74, 6) is -0.508. The Labute approximate surface area is 193 Å². The molecule has 0 bridgehead atoms. The SMILES string of the molecule is Cl.Cn1ncc(-c2ccc3c(=O)[nH]nc(CN)c3c2)c1-c1c(F)cc2ccccc2c1C#N. The first-order chi connectivity index (χ1) is 15.5. The summed E-state index contributed by atoms with van der Waals surface area (Å²) in [6.07, 6.45) is 1.62. The van der Waals surface area contributed by atoms with Crippen LogP contribution in [0.1, 0.15) is 11.3 Å². The molecule has 3 N–H and O–H groups in total. The third-order valence-electron chi connectivity index (χ3n) is 5.66. The summed E-state index contributed by atoms with van der Waals surface area (Å²) in [6.45, 7) is 0.147. The van der Waals surface area contributed by atoms with Gasteiger partial charge in [0.2, 0.25) is 0 Å². The number of nitrogens with zero attached hydrogens (tertiary/aromatic N) is 4. The quantitative estimate of drug-likeness (QED) is 0.422. The highest BCUT2D eigenvalue weighted by Crippen LogP contribution is 2.38. The minimum Gasteiger partial charge on any atom is -0.325 e. The normalized spacial score (nSPS) is 10.8. The van der Waals surface area contributed by atoms with Crippen molar-refractivity contribution in [1.29, 1.82) is 5.26 Å². The third kappa shape index (κ3) is 3.44. The van der Waals surface area contributed by atoms with E-state index in [1.165, 1.54) is 6.07 Å². The molecule has 0 aliphatic heterocycles. The predicted octanol–water partition coefficient (Wildman–Crippen LogP) is 4.04. The minimum atomic E-state index is -0.508. The van der Waals surface area contributed by atoms with Crippen LogP contribution in [0.4, 0.5) is 4.39 Å². The van der Waals surface area contributed by atoms with Crippen LogP contribution in [0, 0.1) is 17.1 Å². The number of aromatic nitrogens is 4. The average molecular weight is 461 g/mol. The predicted molar refractivity (Wildman–Crippen MR) is 127 cm³/mol. The molecule has 0 saturated heterocycles. The van der Waals surface area contributed by atoms with Crippen LogP contribution in [-0.4, -0.2) is 20.0 Å². The highest BCUT2D eigenvalue weighted by molar-refractivity contribution is 5.98. The molecule has 5 aromatic rings. The Hall–Kier alpha value is -4.06. The highest BCUT2D eigenvalue weighted by Gasteiger charge is 2.22. The molecule has 0 atom stereocenters. The van der Waals surface area contributed by atoms with Crippen LogP contribution < -0.4 is 11.3 Å². The van der Waals surface area contributed by atoms with Crippen LogP contribution >= 0.6 is 12.4 Å². The first kappa shape index (κ1) is 22.1. The number of H-pyrrole nitrogens is 1. The zero-order valence-electron chi connectivity index (χ0n) is 17.5. The van der Waals surface area contributed by atoms with E-state index in [4.69, 9.17) is 5.73 Å². The average Bonchev–Trinajstić information content (AvgIpc) is 3.19. The number of nitrogens with one attached hydrogen (secondary N) is 1. The van der Waals surface area contributed by atoms with E-state index in [1.807, 2.05) is 6.07 Å². The van der Waals surface area contributed by atoms with E-state index in [0.29, 0.717) is 44.1 Å². The second-order valence-electron chi connectivity index (χ2n) is 7.44. The fourth-order valence-electron chi connectivity index (χ4n) is 4.15. The van der Waals surface area contributed by atoms with Crippen molar-refractivity contribution in [1.82, 2.24) is 20.0 Å². The van der Waals surface area contributed by atoms with Crippen LogP contribution in [0.3, 0.4) is 0 Å². The van der Waals surface area contributed by atoms with Crippen LogP contribution in [0.5, 0.6) is 0 Å². The number of halogens is 2. The van der Waals surface area contributed by atoms with E-state index in [2.05, 4.69) is 21.4 Å². The molecule has 7 nitrogen and oxygen atoms in total. The summed E-state index contributed by atoms with van der Waals surface area (Å²) in [5.41, 5.74) is 8.26. The van der Waals surface area contributed by atoms with Crippen molar-refractivity contribution in [3.8, 4) is 28.5 Å². The van der Waals surface area contributed by atoms with Crippen LogP contribution in [0.25, 0.3) is 43.9 Å². The first-order valence-electron chi connectivity index (χ1n) is 9.89. The topological polar surface area (TPSA) is 113 Å². The van der Waals surface area contributed by atoms with Crippen molar-refractivity contribution in [3.05, 3.63) is 82.2 Å².